The van der Waals surface area contributed by atoms with E-state index in [1.54, 1.807) is 6.08 Å². The molecule has 1 aromatic rings. The van der Waals surface area contributed by atoms with Gasteiger partial charge in [-0.25, -0.2) is 4.79 Å². The summed E-state index contributed by atoms with van der Waals surface area (Å²) in [7, 11) is 0. The summed E-state index contributed by atoms with van der Waals surface area (Å²) in [6, 6.07) is 9.63. The fraction of sp³-hybridized carbons (Fsp3) is 0. The van der Waals surface area contributed by atoms with E-state index in [0.29, 0.717) is 0 Å². The first kappa shape index (κ1) is 10.6. The molecule has 14 heavy (non-hydrogen) atoms. The molecule has 3 heteroatoms. The standard InChI is InChI=1S/C11H10O2S/c12-11(13)10(14)8-4-7-9-5-2-1-3-6-9/h1-8,14H,(H,12,13). The van der Waals surface area contributed by atoms with E-state index in [2.05, 4.69) is 12.6 Å². The van der Waals surface area contributed by atoms with E-state index in [1.165, 1.54) is 6.08 Å². The van der Waals surface area contributed by atoms with Crippen LogP contribution in [0.1, 0.15) is 5.56 Å². The van der Waals surface area contributed by atoms with Crippen LogP contribution in [-0.2, 0) is 4.79 Å². The molecule has 0 bridgehead atoms. The van der Waals surface area contributed by atoms with E-state index in [9.17, 15) is 4.79 Å². The lowest BCUT2D eigenvalue weighted by Crippen LogP contribution is -1.92. The van der Waals surface area contributed by atoms with Gasteiger partial charge >= 0.3 is 5.97 Å². The highest BCUT2D eigenvalue weighted by atomic mass is 32.1. The monoisotopic (exact) mass is 206 g/mol. The number of benzene rings is 1. The van der Waals surface area contributed by atoms with Crippen LogP contribution >= 0.6 is 12.6 Å². The zero-order chi connectivity index (χ0) is 10.4. The van der Waals surface area contributed by atoms with Crippen molar-refractivity contribution in [3.05, 3.63) is 53.0 Å². The van der Waals surface area contributed by atoms with Crippen LogP contribution in [0.15, 0.2) is 47.4 Å². The van der Waals surface area contributed by atoms with Gasteiger partial charge in [-0.15, -0.1) is 12.6 Å². The molecular weight excluding hydrogens is 196 g/mol. The molecule has 1 aromatic carbocycles. The van der Waals surface area contributed by atoms with Crippen molar-refractivity contribution in [2.24, 2.45) is 0 Å². The van der Waals surface area contributed by atoms with Gasteiger partial charge in [-0.05, 0) is 11.6 Å². The minimum absolute atomic E-state index is 0.0252. The van der Waals surface area contributed by atoms with Crippen molar-refractivity contribution >= 4 is 24.7 Å². The Kier molecular flexibility index (Phi) is 4.01. The van der Waals surface area contributed by atoms with E-state index >= 15 is 0 Å². The van der Waals surface area contributed by atoms with Crippen LogP contribution in [0.3, 0.4) is 0 Å². The van der Waals surface area contributed by atoms with Crippen molar-refractivity contribution < 1.29 is 9.90 Å². The predicted molar refractivity (Wildman–Crippen MR) is 60.2 cm³/mol. The largest absolute Gasteiger partial charge is 0.477 e. The van der Waals surface area contributed by atoms with Gasteiger partial charge in [-0.3, -0.25) is 0 Å². The van der Waals surface area contributed by atoms with Gasteiger partial charge < -0.3 is 5.11 Å². The normalized spacial score (nSPS) is 11.9. The fourth-order valence-corrected chi connectivity index (χ4v) is 0.972. The third-order valence-corrected chi connectivity index (χ3v) is 1.90. The lowest BCUT2D eigenvalue weighted by molar-refractivity contribution is -0.131. The quantitative estimate of drug-likeness (QED) is 0.453. The summed E-state index contributed by atoms with van der Waals surface area (Å²) < 4.78 is 0. The average Bonchev–Trinajstić information content (AvgIpc) is 2.19. The first-order chi connectivity index (χ1) is 6.70. The SMILES string of the molecule is O=C(O)C(S)=CC=Cc1ccccc1. The lowest BCUT2D eigenvalue weighted by Gasteiger charge is -1.89. The maximum Gasteiger partial charge on any atom is 0.341 e. The summed E-state index contributed by atoms with van der Waals surface area (Å²) in [6.07, 6.45) is 4.92. The number of allylic oxidation sites excluding steroid dienone is 2. The Morgan fingerprint density at radius 3 is 2.50 bits per heavy atom. The number of hydrogen-bond acceptors (Lipinski definition) is 2. The number of carboxylic acid groups (broad SMARTS) is 1. The molecule has 0 unspecified atom stereocenters. The van der Waals surface area contributed by atoms with Gasteiger partial charge in [0.15, 0.2) is 0 Å². The molecule has 0 amide bonds. The van der Waals surface area contributed by atoms with Crippen molar-refractivity contribution in [3.63, 3.8) is 0 Å². The average molecular weight is 206 g/mol. The van der Waals surface area contributed by atoms with E-state index in [4.69, 9.17) is 5.11 Å². The van der Waals surface area contributed by atoms with E-state index in [0.717, 1.165) is 5.56 Å². The van der Waals surface area contributed by atoms with Gasteiger partial charge in [-0.1, -0.05) is 42.5 Å². The van der Waals surface area contributed by atoms with E-state index in [1.807, 2.05) is 36.4 Å². The summed E-state index contributed by atoms with van der Waals surface area (Å²) >= 11 is 3.78. The summed E-state index contributed by atoms with van der Waals surface area (Å²) in [4.78, 5) is 10.4. The molecule has 0 saturated carbocycles. The highest BCUT2D eigenvalue weighted by molar-refractivity contribution is 7.85. The van der Waals surface area contributed by atoms with Crippen LogP contribution in [-0.4, -0.2) is 11.1 Å². The maximum atomic E-state index is 10.4. The first-order valence-corrected chi connectivity index (χ1v) is 4.50. The smallest absolute Gasteiger partial charge is 0.341 e. The van der Waals surface area contributed by atoms with Gasteiger partial charge in [0.1, 0.15) is 0 Å². The molecule has 0 spiro atoms. The van der Waals surface area contributed by atoms with Crippen LogP contribution < -0.4 is 0 Å². The molecule has 0 aromatic heterocycles. The van der Waals surface area contributed by atoms with Gasteiger partial charge in [0.25, 0.3) is 0 Å². The van der Waals surface area contributed by atoms with Gasteiger partial charge in [-0.2, -0.15) is 0 Å². The second kappa shape index (κ2) is 5.29. The number of thiol groups is 1. The molecule has 72 valence electrons. The Morgan fingerprint density at radius 1 is 1.29 bits per heavy atom. The van der Waals surface area contributed by atoms with Crippen LogP contribution in [0, 0.1) is 0 Å². The summed E-state index contributed by atoms with van der Waals surface area (Å²) in [5.41, 5.74) is 1.02. The zero-order valence-electron chi connectivity index (χ0n) is 7.42. The number of carbonyl (C=O) groups is 1. The summed E-state index contributed by atoms with van der Waals surface area (Å²) in [6.45, 7) is 0. The Morgan fingerprint density at radius 2 is 1.93 bits per heavy atom. The van der Waals surface area contributed by atoms with Crippen LogP contribution in [0.5, 0.6) is 0 Å². The second-order valence-electron chi connectivity index (χ2n) is 2.63. The highest BCUT2D eigenvalue weighted by Crippen LogP contribution is 2.04. The Labute approximate surface area is 88.0 Å². The van der Waals surface area contributed by atoms with Crippen molar-refractivity contribution in [1.29, 1.82) is 0 Å². The molecule has 0 aliphatic heterocycles. The Balaban J connectivity index is 2.66. The Hall–Kier alpha value is -1.48. The molecule has 1 rings (SSSR count). The summed E-state index contributed by atoms with van der Waals surface area (Å²) in [5.74, 6) is -1.02. The molecule has 0 saturated heterocycles. The first-order valence-electron chi connectivity index (χ1n) is 4.06. The minimum atomic E-state index is -1.02. The van der Waals surface area contributed by atoms with E-state index < -0.39 is 5.97 Å². The molecule has 0 aliphatic rings. The van der Waals surface area contributed by atoms with Crippen molar-refractivity contribution in [2.45, 2.75) is 0 Å². The second-order valence-corrected chi connectivity index (χ2v) is 3.11. The van der Waals surface area contributed by atoms with Crippen LogP contribution in [0.25, 0.3) is 6.08 Å². The molecule has 0 heterocycles. The van der Waals surface area contributed by atoms with Crippen molar-refractivity contribution in [2.75, 3.05) is 0 Å². The number of rotatable bonds is 3. The van der Waals surface area contributed by atoms with Gasteiger partial charge in [0.2, 0.25) is 0 Å². The lowest BCUT2D eigenvalue weighted by atomic mass is 10.2. The molecule has 0 aliphatic carbocycles. The van der Waals surface area contributed by atoms with Gasteiger partial charge in [0, 0.05) is 0 Å². The molecule has 0 atom stereocenters. The minimum Gasteiger partial charge on any atom is -0.477 e. The topological polar surface area (TPSA) is 37.3 Å². The molecular formula is C11H10O2S. The van der Waals surface area contributed by atoms with Crippen LogP contribution in [0.2, 0.25) is 0 Å². The molecule has 2 nitrogen and oxygen atoms in total. The highest BCUT2D eigenvalue weighted by Gasteiger charge is 1.96. The van der Waals surface area contributed by atoms with Gasteiger partial charge in [0.05, 0.1) is 4.91 Å². The molecule has 0 radical (unpaired) electrons. The third kappa shape index (κ3) is 3.49. The maximum absolute atomic E-state index is 10.4. The van der Waals surface area contributed by atoms with E-state index in [-0.39, 0.29) is 4.91 Å². The number of carboxylic acids is 1. The van der Waals surface area contributed by atoms with Crippen LogP contribution in [0.4, 0.5) is 0 Å². The fourth-order valence-electron chi connectivity index (χ4n) is 0.886. The number of hydrogen-bond donors (Lipinski definition) is 2. The molecule has 0 fully saturated rings. The molecule has 1 N–H and O–H groups in total. The third-order valence-electron chi connectivity index (χ3n) is 1.56. The predicted octanol–water partition coefficient (Wildman–Crippen LogP) is 2.60. The Bertz CT molecular complexity index is 366. The number of aliphatic carboxylic acids is 1. The van der Waals surface area contributed by atoms with Crippen molar-refractivity contribution in [3.8, 4) is 0 Å². The summed E-state index contributed by atoms with van der Waals surface area (Å²) in [5, 5.41) is 8.50. The van der Waals surface area contributed by atoms with Crippen molar-refractivity contribution in [1.82, 2.24) is 0 Å². The zero-order valence-corrected chi connectivity index (χ0v) is 8.32.